The lowest BCUT2D eigenvalue weighted by Crippen LogP contribution is -2.23. The number of hydrogen-bond donors (Lipinski definition) is 3. The van der Waals surface area contributed by atoms with Crippen molar-refractivity contribution in [3.05, 3.63) is 59.7 Å². The number of para-hydroxylation sites is 1. The molecule has 8 heteroatoms. The minimum Gasteiger partial charge on any atom is -0.478 e. The summed E-state index contributed by atoms with van der Waals surface area (Å²) in [5.41, 5.74) is -0.359. The molecule has 0 radical (unpaired) electrons. The van der Waals surface area contributed by atoms with E-state index in [9.17, 15) is 22.8 Å². The molecule has 0 spiro atoms. The van der Waals surface area contributed by atoms with Crippen molar-refractivity contribution < 1.29 is 27.9 Å². The van der Waals surface area contributed by atoms with Crippen molar-refractivity contribution in [3.8, 4) is 0 Å². The number of hydrogen-bond acceptors (Lipinski definition) is 3. The summed E-state index contributed by atoms with van der Waals surface area (Å²) in [5.74, 6) is -1.70. The number of alkyl halides is 3. The van der Waals surface area contributed by atoms with Gasteiger partial charge in [-0.25, -0.2) is 4.79 Å². The van der Waals surface area contributed by atoms with Gasteiger partial charge >= 0.3 is 12.1 Å². The van der Waals surface area contributed by atoms with E-state index in [1.165, 1.54) is 30.3 Å². The second-order valence-corrected chi connectivity index (χ2v) is 4.83. The van der Waals surface area contributed by atoms with Gasteiger partial charge in [0, 0.05) is 5.69 Å². The van der Waals surface area contributed by atoms with Crippen LogP contribution in [0.15, 0.2) is 48.5 Å². The maximum absolute atomic E-state index is 12.4. The first-order chi connectivity index (χ1) is 11.3. The first kappa shape index (κ1) is 17.3. The molecule has 0 aliphatic rings. The van der Waals surface area contributed by atoms with Gasteiger partial charge < -0.3 is 15.7 Å². The van der Waals surface area contributed by atoms with E-state index in [4.69, 9.17) is 5.11 Å². The summed E-state index contributed by atoms with van der Waals surface area (Å²) in [4.78, 5) is 22.9. The summed E-state index contributed by atoms with van der Waals surface area (Å²) >= 11 is 0. The molecule has 0 heterocycles. The Morgan fingerprint density at radius 3 is 2.21 bits per heavy atom. The first-order valence-electron chi connectivity index (χ1n) is 6.80. The molecular formula is C16H13F3N2O3. The number of rotatable bonds is 5. The van der Waals surface area contributed by atoms with Crippen LogP contribution in [-0.4, -0.2) is 23.5 Å². The summed E-state index contributed by atoms with van der Waals surface area (Å²) in [5, 5.41) is 14.1. The van der Waals surface area contributed by atoms with Crippen LogP contribution < -0.4 is 10.6 Å². The predicted octanol–water partition coefficient (Wildman–Crippen LogP) is 3.45. The van der Waals surface area contributed by atoms with E-state index in [1.807, 2.05) is 0 Å². The van der Waals surface area contributed by atoms with Crippen LogP contribution in [0.4, 0.5) is 24.5 Å². The number of anilines is 2. The Bertz CT molecular complexity index is 743. The number of carbonyl (C=O) groups excluding carboxylic acids is 1. The minimum absolute atomic E-state index is 0.0552. The van der Waals surface area contributed by atoms with E-state index >= 15 is 0 Å². The number of amides is 1. The quantitative estimate of drug-likeness (QED) is 0.780. The number of carboxylic acid groups (broad SMARTS) is 1. The van der Waals surface area contributed by atoms with Gasteiger partial charge in [-0.3, -0.25) is 4.79 Å². The molecule has 0 aromatic heterocycles. The Kier molecular flexibility index (Phi) is 5.08. The summed E-state index contributed by atoms with van der Waals surface area (Å²) in [6.45, 7) is -0.223. The van der Waals surface area contributed by atoms with Crippen LogP contribution in [0.1, 0.15) is 15.9 Å². The average Bonchev–Trinajstić information content (AvgIpc) is 2.53. The molecule has 0 unspecified atom stereocenters. The molecule has 0 fully saturated rings. The van der Waals surface area contributed by atoms with Gasteiger partial charge in [-0.1, -0.05) is 12.1 Å². The van der Waals surface area contributed by atoms with Crippen molar-refractivity contribution in [2.24, 2.45) is 0 Å². The summed E-state index contributed by atoms with van der Waals surface area (Å²) < 4.78 is 37.3. The lowest BCUT2D eigenvalue weighted by molar-refractivity contribution is -0.137. The predicted molar refractivity (Wildman–Crippen MR) is 82.0 cm³/mol. The van der Waals surface area contributed by atoms with E-state index < -0.39 is 23.6 Å². The Hall–Kier alpha value is -3.03. The van der Waals surface area contributed by atoms with Crippen molar-refractivity contribution in [1.82, 2.24) is 0 Å². The van der Waals surface area contributed by atoms with Crippen LogP contribution in [0.3, 0.4) is 0 Å². The highest BCUT2D eigenvalue weighted by Crippen LogP contribution is 2.29. The van der Waals surface area contributed by atoms with Crippen LogP contribution >= 0.6 is 0 Å². The lowest BCUT2D eigenvalue weighted by atomic mass is 10.2. The van der Waals surface area contributed by atoms with Crippen molar-refractivity contribution in [3.63, 3.8) is 0 Å². The molecule has 2 rings (SSSR count). The fourth-order valence-corrected chi connectivity index (χ4v) is 1.93. The third-order valence-corrected chi connectivity index (χ3v) is 3.10. The van der Waals surface area contributed by atoms with Crippen molar-refractivity contribution in [2.75, 3.05) is 17.2 Å². The molecule has 126 valence electrons. The number of carbonyl (C=O) groups is 2. The van der Waals surface area contributed by atoms with Crippen molar-refractivity contribution in [2.45, 2.75) is 6.18 Å². The maximum Gasteiger partial charge on any atom is 0.416 e. The van der Waals surface area contributed by atoms with Crippen molar-refractivity contribution in [1.29, 1.82) is 0 Å². The third kappa shape index (κ3) is 4.48. The molecule has 0 aliphatic carbocycles. The topological polar surface area (TPSA) is 78.4 Å². The fourth-order valence-electron chi connectivity index (χ4n) is 1.93. The minimum atomic E-state index is -4.42. The van der Waals surface area contributed by atoms with Gasteiger partial charge in [0.2, 0.25) is 5.91 Å². The van der Waals surface area contributed by atoms with E-state index in [0.29, 0.717) is 5.69 Å². The van der Waals surface area contributed by atoms with E-state index in [0.717, 1.165) is 12.1 Å². The van der Waals surface area contributed by atoms with E-state index in [1.54, 1.807) is 6.07 Å². The van der Waals surface area contributed by atoms with Gasteiger partial charge in [-0.05, 0) is 36.4 Å². The third-order valence-electron chi connectivity index (χ3n) is 3.10. The normalized spacial score (nSPS) is 11.0. The molecule has 2 aromatic carbocycles. The van der Waals surface area contributed by atoms with Gasteiger partial charge in [0.1, 0.15) is 0 Å². The Labute approximate surface area is 135 Å². The second kappa shape index (κ2) is 7.03. The number of aromatic carboxylic acids is 1. The van der Waals surface area contributed by atoms with Crippen LogP contribution in [0, 0.1) is 0 Å². The summed E-state index contributed by atoms with van der Waals surface area (Å²) in [6, 6.07) is 10.1. The Morgan fingerprint density at radius 1 is 1.00 bits per heavy atom. The smallest absolute Gasteiger partial charge is 0.416 e. The van der Waals surface area contributed by atoms with Crippen LogP contribution in [0.25, 0.3) is 0 Å². The molecule has 3 N–H and O–H groups in total. The van der Waals surface area contributed by atoms with Crippen LogP contribution in [-0.2, 0) is 11.0 Å². The number of carboxylic acids is 1. The molecule has 0 saturated carbocycles. The van der Waals surface area contributed by atoms with Gasteiger partial charge in [0.25, 0.3) is 0 Å². The number of nitrogens with one attached hydrogen (secondary N) is 2. The highest BCUT2D eigenvalue weighted by molar-refractivity contribution is 6.01. The van der Waals surface area contributed by atoms with E-state index in [2.05, 4.69) is 10.6 Å². The zero-order valence-corrected chi connectivity index (χ0v) is 12.2. The molecular weight excluding hydrogens is 325 g/mol. The zero-order chi connectivity index (χ0) is 17.7. The summed E-state index contributed by atoms with van der Waals surface area (Å²) in [6.07, 6.45) is -4.42. The van der Waals surface area contributed by atoms with Gasteiger partial charge in [-0.2, -0.15) is 13.2 Å². The van der Waals surface area contributed by atoms with Gasteiger partial charge in [0.05, 0.1) is 23.4 Å². The fraction of sp³-hybridized carbons (Fsp3) is 0.125. The zero-order valence-electron chi connectivity index (χ0n) is 12.2. The highest BCUT2D eigenvalue weighted by Gasteiger charge is 2.29. The summed E-state index contributed by atoms with van der Waals surface area (Å²) in [7, 11) is 0. The van der Waals surface area contributed by atoms with Crippen LogP contribution in [0.2, 0.25) is 0 Å². The standard InChI is InChI=1S/C16H13F3N2O3/c17-16(18,19)10-5-7-11(8-6-10)20-9-14(22)21-13-4-2-1-3-12(13)15(23)24/h1-8,20H,9H2,(H,21,22)(H,23,24). The Morgan fingerprint density at radius 2 is 1.62 bits per heavy atom. The molecule has 0 aliphatic heterocycles. The van der Waals surface area contributed by atoms with Gasteiger partial charge in [-0.15, -0.1) is 0 Å². The largest absolute Gasteiger partial charge is 0.478 e. The van der Waals surface area contributed by atoms with E-state index in [-0.39, 0.29) is 17.8 Å². The first-order valence-corrected chi connectivity index (χ1v) is 6.80. The lowest BCUT2D eigenvalue weighted by Gasteiger charge is -2.11. The van der Waals surface area contributed by atoms with Crippen molar-refractivity contribution >= 4 is 23.3 Å². The molecule has 5 nitrogen and oxygen atoms in total. The maximum atomic E-state index is 12.4. The molecule has 0 bridgehead atoms. The van der Waals surface area contributed by atoms with Gasteiger partial charge in [0.15, 0.2) is 0 Å². The second-order valence-electron chi connectivity index (χ2n) is 4.83. The molecule has 24 heavy (non-hydrogen) atoms. The Balaban J connectivity index is 1.96. The average molecular weight is 338 g/mol. The highest BCUT2D eigenvalue weighted by atomic mass is 19.4. The SMILES string of the molecule is O=C(CNc1ccc(C(F)(F)F)cc1)Nc1ccccc1C(=O)O. The molecule has 0 saturated heterocycles. The number of halogens is 3. The molecule has 1 amide bonds. The molecule has 2 aromatic rings. The molecule has 0 atom stereocenters. The van der Waals surface area contributed by atoms with Crippen LogP contribution in [0.5, 0.6) is 0 Å². The number of benzene rings is 2. The monoisotopic (exact) mass is 338 g/mol.